The van der Waals surface area contributed by atoms with E-state index in [0.29, 0.717) is 6.42 Å². The van der Waals surface area contributed by atoms with E-state index in [2.05, 4.69) is 6.26 Å². The van der Waals surface area contributed by atoms with Gasteiger partial charge in [-0.25, -0.2) is 0 Å². The first-order valence-corrected chi connectivity index (χ1v) is 7.21. The van der Waals surface area contributed by atoms with Crippen LogP contribution in [0.15, 0.2) is 0 Å². The minimum absolute atomic E-state index is 0.434. The van der Waals surface area contributed by atoms with E-state index >= 15 is 0 Å². The summed E-state index contributed by atoms with van der Waals surface area (Å²) in [6.07, 6.45) is 9.25. The SMILES string of the molecule is CSCCCCCCCC[C@H](NO)C(=O)[O-]. The zero-order valence-electron chi connectivity index (χ0n) is 9.91. The van der Waals surface area contributed by atoms with E-state index in [1.165, 1.54) is 25.0 Å². The summed E-state index contributed by atoms with van der Waals surface area (Å²) in [5.41, 5.74) is 1.76. The van der Waals surface area contributed by atoms with Crippen LogP contribution in [0.4, 0.5) is 0 Å². The van der Waals surface area contributed by atoms with Crippen LogP contribution in [0.5, 0.6) is 0 Å². The van der Waals surface area contributed by atoms with Gasteiger partial charge in [-0.15, -0.1) is 0 Å². The molecule has 0 aromatic rings. The van der Waals surface area contributed by atoms with Gasteiger partial charge in [-0.1, -0.05) is 32.1 Å². The van der Waals surface area contributed by atoms with Crippen molar-refractivity contribution in [2.75, 3.05) is 12.0 Å². The van der Waals surface area contributed by atoms with E-state index in [1.807, 2.05) is 11.8 Å². The van der Waals surface area contributed by atoms with Crippen LogP contribution in [-0.4, -0.2) is 29.2 Å². The summed E-state index contributed by atoms with van der Waals surface area (Å²) in [5, 5.41) is 19.0. The Morgan fingerprint density at radius 3 is 2.31 bits per heavy atom. The summed E-state index contributed by atoms with van der Waals surface area (Å²) in [6, 6.07) is -0.920. The number of hydrogen-bond donors (Lipinski definition) is 2. The van der Waals surface area contributed by atoms with Gasteiger partial charge in [0.15, 0.2) is 0 Å². The van der Waals surface area contributed by atoms with Gasteiger partial charge >= 0.3 is 0 Å². The molecular formula is C11H22NO3S-. The highest BCUT2D eigenvalue weighted by Gasteiger charge is 2.06. The highest BCUT2D eigenvalue weighted by molar-refractivity contribution is 7.98. The normalized spacial score (nSPS) is 12.6. The topological polar surface area (TPSA) is 72.4 Å². The van der Waals surface area contributed by atoms with E-state index in [1.54, 1.807) is 5.48 Å². The highest BCUT2D eigenvalue weighted by Crippen LogP contribution is 2.10. The van der Waals surface area contributed by atoms with Gasteiger partial charge in [0.25, 0.3) is 0 Å². The molecule has 0 aliphatic carbocycles. The van der Waals surface area contributed by atoms with Crippen molar-refractivity contribution in [3.63, 3.8) is 0 Å². The number of carbonyl (C=O) groups excluding carboxylic acids is 1. The molecule has 0 saturated carbocycles. The molecule has 0 radical (unpaired) electrons. The van der Waals surface area contributed by atoms with Crippen LogP contribution in [0, 0.1) is 0 Å². The summed E-state index contributed by atoms with van der Waals surface area (Å²) in [7, 11) is 0. The number of unbranched alkanes of at least 4 members (excludes halogenated alkanes) is 5. The number of nitrogens with one attached hydrogen (secondary N) is 1. The Balaban J connectivity index is 3.22. The first-order chi connectivity index (χ1) is 7.72. The molecule has 0 heterocycles. The van der Waals surface area contributed by atoms with E-state index in [9.17, 15) is 9.90 Å². The lowest BCUT2D eigenvalue weighted by molar-refractivity contribution is -0.310. The largest absolute Gasteiger partial charge is 0.548 e. The first kappa shape index (κ1) is 15.7. The van der Waals surface area contributed by atoms with Crippen molar-refractivity contribution in [1.29, 1.82) is 0 Å². The van der Waals surface area contributed by atoms with Crippen LogP contribution in [0.2, 0.25) is 0 Å². The Morgan fingerprint density at radius 2 is 1.81 bits per heavy atom. The summed E-state index contributed by atoms with van der Waals surface area (Å²) >= 11 is 1.87. The standard InChI is InChI=1S/C11H23NO3S/c1-16-9-7-5-3-2-4-6-8-10(12-15)11(13)14/h10,12,15H,2-9H2,1H3,(H,13,14)/p-1/t10-/m0/s1. The summed E-state index contributed by atoms with van der Waals surface area (Å²) in [6.45, 7) is 0. The highest BCUT2D eigenvalue weighted by atomic mass is 32.2. The minimum Gasteiger partial charge on any atom is -0.548 e. The third kappa shape index (κ3) is 9.00. The zero-order chi connectivity index (χ0) is 12.2. The van der Waals surface area contributed by atoms with Crippen molar-refractivity contribution in [3.05, 3.63) is 0 Å². The molecule has 0 fully saturated rings. The predicted molar refractivity (Wildman–Crippen MR) is 64.4 cm³/mol. The molecule has 0 aliphatic rings. The fourth-order valence-electron chi connectivity index (χ4n) is 1.54. The lowest BCUT2D eigenvalue weighted by Crippen LogP contribution is -2.44. The fourth-order valence-corrected chi connectivity index (χ4v) is 2.03. The summed E-state index contributed by atoms with van der Waals surface area (Å²) in [5.74, 6) is -0.0104. The molecule has 0 rings (SSSR count). The second-order valence-corrected chi connectivity index (χ2v) is 4.89. The summed E-state index contributed by atoms with van der Waals surface area (Å²) in [4.78, 5) is 10.4. The van der Waals surface area contributed by atoms with Gasteiger partial charge in [0.05, 0.1) is 12.0 Å². The van der Waals surface area contributed by atoms with Crippen LogP contribution in [0.3, 0.4) is 0 Å². The van der Waals surface area contributed by atoms with E-state index in [-0.39, 0.29) is 0 Å². The Labute approximate surface area is 102 Å². The van der Waals surface area contributed by atoms with Crippen LogP contribution in [-0.2, 0) is 4.79 Å². The maximum Gasteiger partial charge on any atom is 0.0714 e. The Bertz CT molecular complexity index is 179. The van der Waals surface area contributed by atoms with Crippen molar-refractivity contribution in [2.24, 2.45) is 0 Å². The van der Waals surface area contributed by atoms with Gasteiger partial charge in [-0.05, 0) is 24.9 Å². The van der Waals surface area contributed by atoms with Crippen molar-refractivity contribution < 1.29 is 15.1 Å². The lowest BCUT2D eigenvalue weighted by Gasteiger charge is -2.15. The second kappa shape index (κ2) is 11.2. The van der Waals surface area contributed by atoms with Gasteiger partial charge < -0.3 is 15.1 Å². The van der Waals surface area contributed by atoms with E-state index < -0.39 is 12.0 Å². The number of hydroxylamine groups is 1. The Morgan fingerprint density at radius 1 is 1.25 bits per heavy atom. The lowest BCUT2D eigenvalue weighted by atomic mass is 10.1. The average molecular weight is 248 g/mol. The molecule has 0 bridgehead atoms. The second-order valence-electron chi connectivity index (χ2n) is 3.90. The van der Waals surface area contributed by atoms with E-state index in [4.69, 9.17) is 5.21 Å². The number of thioether (sulfide) groups is 1. The number of carboxylic acids is 1. The molecule has 2 N–H and O–H groups in total. The molecule has 16 heavy (non-hydrogen) atoms. The third-order valence-corrected chi connectivity index (χ3v) is 3.23. The zero-order valence-corrected chi connectivity index (χ0v) is 10.7. The maximum absolute atomic E-state index is 10.4. The van der Waals surface area contributed by atoms with Crippen molar-refractivity contribution in [3.8, 4) is 0 Å². The molecule has 0 unspecified atom stereocenters. The quantitative estimate of drug-likeness (QED) is 0.424. The van der Waals surface area contributed by atoms with Crippen LogP contribution in [0.1, 0.15) is 44.9 Å². The first-order valence-electron chi connectivity index (χ1n) is 5.81. The van der Waals surface area contributed by atoms with Crippen molar-refractivity contribution >= 4 is 17.7 Å². The fraction of sp³-hybridized carbons (Fsp3) is 0.909. The molecule has 0 aliphatic heterocycles. The average Bonchev–Trinajstić information content (AvgIpc) is 2.26. The maximum atomic E-state index is 10.4. The molecule has 1 atom stereocenters. The van der Waals surface area contributed by atoms with Gasteiger partial charge in [-0.2, -0.15) is 17.2 Å². The van der Waals surface area contributed by atoms with Gasteiger partial charge in [0.2, 0.25) is 0 Å². The van der Waals surface area contributed by atoms with Gasteiger partial charge in [0.1, 0.15) is 0 Å². The predicted octanol–water partition coefficient (Wildman–Crippen LogP) is 1.18. The molecule has 0 spiro atoms. The van der Waals surface area contributed by atoms with Gasteiger partial charge in [0, 0.05) is 0 Å². The number of rotatable bonds is 11. The molecule has 5 heteroatoms. The smallest absolute Gasteiger partial charge is 0.0714 e. The third-order valence-electron chi connectivity index (χ3n) is 2.53. The number of carbonyl (C=O) groups is 1. The molecule has 96 valence electrons. The molecule has 0 saturated heterocycles. The molecule has 0 amide bonds. The molecule has 4 nitrogen and oxygen atoms in total. The number of aliphatic carboxylic acids is 1. The van der Waals surface area contributed by atoms with Crippen molar-refractivity contribution in [2.45, 2.75) is 51.0 Å². The van der Waals surface area contributed by atoms with Crippen LogP contribution in [0.25, 0.3) is 0 Å². The number of hydrogen-bond acceptors (Lipinski definition) is 5. The van der Waals surface area contributed by atoms with Crippen molar-refractivity contribution in [1.82, 2.24) is 5.48 Å². The van der Waals surface area contributed by atoms with Gasteiger partial charge in [-0.3, -0.25) is 0 Å². The molecule has 0 aromatic carbocycles. The Hall–Kier alpha value is -0.260. The van der Waals surface area contributed by atoms with Crippen LogP contribution < -0.4 is 10.6 Å². The van der Waals surface area contributed by atoms with E-state index in [0.717, 1.165) is 19.3 Å². The van der Waals surface area contributed by atoms with Crippen LogP contribution >= 0.6 is 11.8 Å². The minimum atomic E-state index is -1.23. The number of carboxylic acid groups (broad SMARTS) is 1. The Kier molecular flexibility index (Phi) is 11.0. The summed E-state index contributed by atoms with van der Waals surface area (Å²) < 4.78 is 0. The molecular weight excluding hydrogens is 226 g/mol. The molecule has 0 aromatic heterocycles. The monoisotopic (exact) mass is 248 g/mol.